The van der Waals surface area contributed by atoms with Crippen molar-refractivity contribution in [2.75, 3.05) is 45.9 Å². The summed E-state index contributed by atoms with van der Waals surface area (Å²) in [7, 11) is -3.84. The van der Waals surface area contributed by atoms with Gasteiger partial charge in [-0.25, -0.2) is 13.1 Å². The third-order valence-corrected chi connectivity index (χ3v) is 6.99. The fourth-order valence-electron chi connectivity index (χ4n) is 3.49. The summed E-state index contributed by atoms with van der Waals surface area (Å²) in [6, 6.07) is 5.62. The molecule has 0 spiro atoms. The Morgan fingerprint density at radius 1 is 1.13 bits per heavy atom. The van der Waals surface area contributed by atoms with Crippen molar-refractivity contribution in [3.05, 3.63) is 29.3 Å². The number of nitrogens with one attached hydrogen (secondary N) is 2. The zero-order valence-electron chi connectivity index (χ0n) is 16.9. The van der Waals surface area contributed by atoms with Crippen LogP contribution in [0.15, 0.2) is 29.2 Å². The van der Waals surface area contributed by atoms with E-state index in [0.717, 1.165) is 13.1 Å². The van der Waals surface area contributed by atoms with Gasteiger partial charge in [-0.3, -0.25) is 9.69 Å². The van der Waals surface area contributed by atoms with E-state index >= 15 is 0 Å². The molecule has 4 atom stereocenters. The minimum absolute atomic E-state index is 0.0149. The first-order valence-corrected chi connectivity index (χ1v) is 12.0. The number of carbonyl (C=O) groups excluding carboxylic acids is 1. The molecule has 10 nitrogen and oxygen atoms in total. The number of rotatable bonds is 9. The quantitative estimate of drug-likeness (QED) is 0.353. The summed E-state index contributed by atoms with van der Waals surface area (Å²) in [4.78, 5) is 14.4. The Bertz CT molecular complexity index is 833. The first-order valence-electron chi connectivity index (χ1n) is 10.1. The Balaban J connectivity index is 1.44. The van der Waals surface area contributed by atoms with Gasteiger partial charge in [0.1, 0.15) is 18.3 Å². The number of amides is 1. The predicted octanol–water partition coefficient (Wildman–Crippen LogP) is -1.05. The molecule has 0 radical (unpaired) electrons. The fourth-order valence-corrected chi connectivity index (χ4v) is 4.66. The van der Waals surface area contributed by atoms with Crippen LogP contribution in [-0.4, -0.2) is 99.8 Å². The molecule has 1 aromatic carbocycles. The van der Waals surface area contributed by atoms with E-state index in [4.69, 9.17) is 21.1 Å². The largest absolute Gasteiger partial charge is 0.388 e. The minimum Gasteiger partial charge on any atom is -0.388 e. The number of halogens is 1. The number of aliphatic hydroxyl groups is 2. The number of hydrogen-bond acceptors (Lipinski definition) is 8. The molecule has 2 heterocycles. The monoisotopic (exact) mass is 477 g/mol. The highest BCUT2D eigenvalue weighted by Crippen LogP contribution is 2.24. The molecule has 4 N–H and O–H groups in total. The first-order chi connectivity index (χ1) is 14.8. The SMILES string of the molecule is O=C(C[C@@H]1O[C@@H](CNS(=O)(=O)c2ccc(Cl)cc2)[C@@H](O)[C@H]1O)NCCN1CCOCC1. The number of aliphatic hydroxyl groups excluding tert-OH is 2. The van der Waals surface area contributed by atoms with Crippen LogP contribution in [0.1, 0.15) is 6.42 Å². The van der Waals surface area contributed by atoms with Crippen LogP contribution in [0.4, 0.5) is 0 Å². The second-order valence-electron chi connectivity index (χ2n) is 7.51. The highest BCUT2D eigenvalue weighted by atomic mass is 35.5. The molecule has 0 unspecified atom stereocenters. The molecule has 2 aliphatic heterocycles. The molecule has 1 amide bonds. The Morgan fingerprint density at radius 2 is 1.77 bits per heavy atom. The Hall–Kier alpha value is -1.31. The topological polar surface area (TPSA) is 137 Å². The standard InChI is InChI=1S/C19H28ClN3O7S/c20-13-1-3-14(4-2-13)31(27,28)22-12-16-19(26)18(25)15(30-16)11-17(24)21-5-6-23-7-9-29-10-8-23/h1-4,15-16,18-19,22,25-26H,5-12H2,(H,21,24)/t15-,16-,18-,19+/m0/s1. The van der Waals surface area contributed by atoms with E-state index in [-0.39, 0.29) is 23.8 Å². The second-order valence-corrected chi connectivity index (χ2v) is 9.71. The predicted molar refractivity (Wildman–Crippen MR) is 112 cm³/mol. The van der Waals surface area contributed by atoms with E-state index in [1.165, 1.54) is 24.3 Å². The van der Waals surface area contributed by atoms with Gasteiger partial charge in [-0.2, -0.15) is 0 Å². The van der Waals surface area contributed by atoms with Gasteiger partial charge in [-0.1, -0.05) is 11.6 Å². The summed E-state index contributed by atoms with van der Waals surface area (Å²) in [5, 5.41) is 23.6. The molecular formula is C19H28ClN3O7S. The summed E-state index contributed by atoms with van der Waals surface area (Å²) in [5.41, 5.74) is 0. The fraction of sp³-hybridized carbons (Fsp3) is 0.632. The van der Waals surface area contributed by atoms with Gasteiger partial charge < -0.3 is 25.0 Å². The lowest BCUT2D eigenvalue weighted by Gasteiger charge is -2.26. The van der Waals surface area contributed by atoms with Crippen molar-refractivity contribution in [1.82, 2.24) is 14.9 Å². The normalized spacial score (nSPS) is 27.3. The van der Waals surface area contributed by atoms with Gasteiger partial charge in [0.15, 0.2) is 0 Å². The number of ether oxygens (including phenoxy) is 2. The molecule has 2 saturated heterocycles. The summed E-state index contributed by atoms with van der Waals surface area (Å²) in [6.45, 7) is 3.89. The van der Waals surface area contributed by atoms with E-state index in [1.807, 2.05) is 0 Å². The van der Waals surface area contributed by atoms with Gasteiger partial charge in [0.05, 0.1) is 30.6 Å². The molecule has 31 heavy (non-hydrogen) atoms. The van der Waals surface area contributed by atoms with Crippen LogP contribution in [0, 0.1) is 0 Å². The van der Waals surface area contributed by atoms with Gasteiger partial charge in [0.2, 0.25) is 15.9 Å². The van der Waals surface area contributed by atoms with Gasteiger partial charge >= 0.3 is 0 Å². The molecule has 2 aliphatic rings. The maximum Gasteiger partial charge on any atom is 0.240 e. The average molecular weight is 478 g/mol. The summed E-state index contributed by atoms with van der Waals surface area (Å²) >= 11 is 5.77. The number of carbonyl (C=O) groups is 1. The summed E-state index contributed by atoms with van der Waals surface area (Å²) < 4.78 is 37.9. The van der Waals surface area contributed by atoms with E-state index in [0.29, 0.717) is 31.3 Å². The van der Waals surface area contributed by atoms with Gasteiger partial charge in [-0.15, -0.1) is 0 Å². The number of hydrogen-bond donors (Lipinski definition) is 4. The molecule has 3 rings (SSSR count). The van der Waals surface area contributed by atoms with Gasteiger partial charge in [-0.05, 0) is 24.3 Å². The molecular weight excluding hydrogens is 450 g/mol. The van der Waals surface area contributed by atoms with E-state index in [1.54, 1.807) is 0 Å². The van der Waals surface area contributed by atoms with E-state index < -0.39 is 34.4 Å². The van der Waals surface area contributed by atoms with Crippen LogP contribution in [-0.2, 0) is 24.3 Å². The van der Waals surface area contributed by atoms with Crippen molar-refractivity contribution in [2.45, 2.75) is 35.7 Å². The van der Waals surface area contributed by atoms with Crippen molar-refractivity contribution in [2.24, 2.45) is 0 Å². The molecule has 12 heteroatoms. The van der Waals surface area contributed by atoms with Crippen molar-refractivity contribution in [3.63, 3.8) is 0 Å². The Morgan fingerprint density at radius 3 is 2.45 bits per heavy atom. The second kappa shape index (κ2) is 11.0. The van der Waals surface area contributed by atoms with Crippen molar-refractivity contribution in [1.29, 1.82) is 0 Å². The number of nitrogens with zero attached hydrogens (tertiary/aromatic N) is 1. The van der Waals surface area contributed by atoms with Crippen molar-refractivity contribution >= 4 is 27.5 Å². The lowest BCUT2D eigenvalue weighted by Crippen LogP contribution is -2.42. The Kier molecular flexibility index (Phi) is 8.65. The smallest absolute Gasteiger partial charge is 0.240 e. The Labute approximate surface area is 186 Å². The summed E-state index contributed by atoms with van der Waals surface area (Å²) in [6.07, 6.45) is -4.66. The van der Waals surface area contributed by atoms with Crippen LogP contribution in [0.2, 0.25) is 5.02 Å². The molecule has 174 valence electrons. The molecule has 1 aromatic rings. The third-order valence-electron chi connectivity index (χ3n) is 5.30. The van der Waals surface area contributed by atoms with Gasteiger partial charge in [0, 0.05) is 37.7 Å². The molecule has 2 fully saturated rings. The van der Waals surface area contributed by atoms with Crippen LogP contribution in [0.5, 0.6) is 0 Å². The molecule has 0 aromatic heterocycles. The molecule has 0 aliphatic carbocycles. The van der Waals surface area contributed by atoms with Crippen LogP contribution >= 0.6 is 11.6 Å². The zero-order valence-corrected chi connectivity index (χ0v) is 18.5. The van der Waals surface area contributed by atoms with Crippen LogP contribution in [0.3, 0.4) is 0 Å². The lowest BCUT2D eigenvalue weighted by atomic mass is 10.1. The van der Waals surface area contributed by atoms with Gasteiger partial charge in [0.25, 0.3) is 0 Å². The number of benzene rings is 1. The maximum absolute atomic E-state index is 12.4. The van der Waals surface area contributed by atoms with Crippen molar-refractivity contribution < 1.29 is 32.9 Å². The van der Waals surface area contributed by atoms with E-state index in [9.17, 15) is 23.4 Å². The zero-order chi connectivity index (χ0) is 22.4. The maximum atomic E-state index is 12.4. The first kappa shape index (κ1) is 24.3. The highest BCUT2D eigenvalue weighted by Gasteiger charge is 2.43. The number of morpholine rings is 1. The highest BCUT2D eigenvalue weighted by molar-refractivity contribution is 7.89. The van der Waals surface area contributed by atoms with E-state index in [2.05, 4.69) is 14.9 Å². The molecule has 0 saturated carbocycles. The van der Waals surface area contributed by atoms with Crippen LogP contribution < -0.4 is 10.0 Å². The minimum atomic E-state index is -3.84. The summed E-state index contributed by atoms with van der Waals surface area (Å²) in [5.74, 6) is -0.313. The average Bonchev–Trinajstić information content (AvgIpc) is 3.01. The molecule has 0 bridgehead atoms. The lowest BCUT2D eigenvalue weighted by molar-refractivity contribution is -0.125. The number of sulfonamides is 1. The third kappa shape index (κ3) is 6.83. The van der Waals surface area contributed by atoms with Crippen molar-refractivity contribution in [3.8, 4) is 0 Å². The van der Waals surface area contributed by atoms with Crippen LogP contribution in [0.25, 0.3) is 0 Å².